The first-order chi connectivity index (χ1) is 18.4. The number of carbonyl (C=O) groups is 2. The molecule has 0 saturated heterocycles. The lowest BCUT2D eigenvalue weighted by atomic mass is 9.77. The number of halogens is 2. The van der Waals surface area contributed by atoms with Gasteiger partial charge in [0.1, 0.15) is 23.0 Å². The maximum absolute atomic E-state index is 13.9. The number of amides is 1. The second-order valence-corrected chi connectivity index (χ2v) is 9.74. The number of ether oxygens (including phenoxy) is 1. The monoisotopic (exact) mass is 517 g/mol. The Morgan fingerprint density at radius 2 is 1.71 bits per heavy atom. The highest BCUT2D eigenvalue weighted by molar-refractivity contribution is 6.03. The van der Waals surface area contributed by atoms with Crippen LogP contribution >= 0.6 is 0 Å². The molecule has 6 nitrogen and oxygen atoms in total. The van der Waals surface area contributed by atoms with Crippen molar-refractivity contribution < 1.29 is 23.1 Å². The van der Waals surface area contributed by atoms with E-state index in [0.29, 0.717) is 30.5 Å². The molecule has 0 spiro atoms. The Bertz CT molecular complexity index is 1460. The largest absolute Gasteiger partial charge is 0.466 e. The van der Waals surface area contributed by atoms with Gasteiger partial charge in [-0.25, -0.2) is 13.8 Å². The van der Waals surface area contributed by atoms with Crippen LogP contribution in [0.5, 0.6) is 0 Å². The first-order valence-electron chi connectivity index (χ1n) is 12.9. The Balaban J connectivity index is 1.24. The number of pyridine rings is 1. The highest BCUT2D eigenvalue weighted by atomic mass is 19.1. The molecular weight excluding hydrogens is 488 g/mol. The molecule has 1 amide bonds. The minimum atomic E-state index is -0.723. The maximum atomic E-state index is 13.9. The first kappa shape index (κ1) is 25.6. The molecule has 1 saturated carbocycles. The van der Waals surface area contributed by atoms with Gasteiger partial charge < -0.3 is 14.5 Å². The summed E-state index contributed by atoms with van der Waals surface area (Å²) < 4.78 is 34.2. The van der Waals surface area contributed by atoms with Crippen molar-refractivity contribution >= 4 is 23.2 Å². The van der Waals surface area contributed by atoms with Gasteiger partial charge in [0.2, 0.25) is 0 Å². The van der Waals surface area contributed by atoms with Gasteiger partial charge in [-0.3, -0.25) is 9.59 Å². The number of nitrogens with one attached hydrogen (secondary N) is 1. The van der Waals surface area contributed by atoms with E-state index in [4.69, 9.17) is 4.74 Å². The Kier molecular flexibility index (Phi) is 7.49. The molecule has 2 aromatic carbocycles. The number of aromatic nitrogens is 2. The first-order valence-corrected chi connectivity index (χ1v) is 12.9. The normalized spacial score (nSPS) is 17.3. The van der Waals surface area contributed by atoms with Crippen molar-refractivity contribution in [3.63, 3.8) is 0 Å². The topological polar surface area (TPSA) is 72.7 Å². The highest BCUT2D eigenvalue weighted by Gasteiger charge is 2.24. The van der Waals surface area contributed by atoms with Crippen LogP contribution in [0.15, 0.2) is 67.0 Å². The third-order valence-corrected chi connectivity index (χ3v) is 7.18. The Morgan fingerprint density at radius 1 is 0.974 bits per heavy atom. The lowest BCUT2D eigenvalue weighted by Gasteiger charge is -2.28. The van der Waals surface area contributed by atoms with E-state index in [1.54, 1.807) is 10.6 Å². The van der Waals surface area contributed by atoms with E-state index in [0.717, 1.165) is 55.0 Å². The van der Waals surface area contributed by atoms with Crippen molar-refractivity contribution in [2.45, 2.75) is 44.9 Å². The lowest BCUT2D eigenvalue weighted by Crippen LogP contribution is -2.17. The van der Waals surface area contributed by atoms with Gasteiger partial charge in [-0.2, -0.15) is 0 Å². The molecule has 0 atom stereocenters. The number of fused-ring (bicyclic) bond motifs is 1. The standard InChI is InChI=1S/C30H29F2N3O3/c1-2-38-29(36)15-19-3-5-20(6-4-19)21-7-9-22(10-8-21)23-11-14-28-33-27(18-35(28)17-23)30(37)34-26-16-24(31)12-13-25(26)32/h7-14,16-20H,2-6,15H2,1H3,(H,34,37). The van der Waals surface area contributed by atoms with Crippen molar-refractivity contribution in [1.82, 2.24) is 9.38 Å². The average Bonchev–Trinajstić information content (AvgIpc) is 3.35. The van der Waals surface area contributed by atoms with Crippen LogP contribution in [0.3, 0.4) is 0 Å². The molecule has 5 rings (SSSR count). The van der Waals surface area contributed by atoms with Crippen LogP contribution in [0, 0.1) is 17.6 Å². The zero-order valence-corrected chi connectivity index (χ0v) is 21.1. The Morgan fingerprint density at radius 3 is 2.45 bits per heavy atom. The summed E-state index contributed by atoms with van der Waals surface area (Å²) in [6, 6.07) is 15.1. The molecule has 1 fully saturated rings. The van der Waals surface area contributed by atoms with Crippen LogP contribution < -0.4 is 5.32 Å². The van der Waals surface area contributed by atoms with E-state index in [2.05, 4.69) is 34.6 Å². The zero-order valence-electron chi connectivity index (χ0n) is 21.1. The lowest BCUT2D eigenvalue weighted by molar-refractivity contribution is -0.144. The third kappa shape index (κ3) is 5.74. The summed E-state index contributed by atoms with van der Waals surface area (Å²) in [5.41, 5.74) is 3.72. The second-order valence-electron chi connectivity index (χ2n) is 9.74. The molecule has 1 N–H and O–H groups in total. The number of anilines is 1. The third-order valence-electron chi connectivity index (χ3n) is 7.18. The van der Waals surface area contributed by atoms with Gasteiger partial charge in [0.15, 0.2) is 0 Å². The quantitative estimate of drug-likeness (QED) is 0.275. The highest BCUT2D eigenvalue weighted by Crippen LogP contribution is 2.37. The van der Waals surface area contributed by atoms with E-state index in [1.165, 1.54) is 5.56 Å². The summed E-state index contributed by atoms with van der Waals surface area (Å²) in [4.78, 5) is 28.7. The maximum Gasteiger partial charge on any atom is 0.306 e. The van der Waals surface area contributed by atoms with Gasteiger partial charge in [0.05, 0.1) is 12.3 Å². The molecule has 196 valence electrons. The molecule has 8 heteroatoms. The molecular formula is C30H29F2N3O3. The fourth-order valence-corrected chi connectivity index (χ4v) is 5.15. The van der Waals surface area contributed by atoms with Crippen LogP contribution in [0.25, 0.3) is 16.8 Å². The van der Waals surface area contributed by atoms with Crippen molar-refractivity contribution in [1.29, 1.82) is 0 Å². The van der Waals surface area contributed by atoms with E-state index in [1.807, 2.05) is 25.3 Å². The van der Waals surface area contributed by atoms with Crippen molar-refractivity contribution in [2.75, 3.05) is 11.9 Å². The fourth-order valence-electron chi connectivity index (χ4n) is 5.15. The number of hydrogen-bond donors (Lipinski definition) is 1. The Labute approximate surface area is 219 Å². The van der Waals surface area contributed by atoms with E-state index in [9.17, 15) is 18.4 Å². The van der Waals surface area contributed by atoms with Crippen LogP contribution in [0.4, 0.5) is 14.5 Å². The summed E-state index contributed by atoms with van der Waals surface area (Å²) in [6.07, 6.45) is 8.16. The van der Waals surface area contributed by atoms with E-state index < -0.39 is 17.5 Å². The number of esters is 1. The molecule has 0 aliphatic heterocycles. The van der Waals surface area contributed by atoms with Gasteiger partial charge >= 0.3 is 5.97 Å². The molecule has 1 aliphatic carbocycles. The number of hydrogen-bond acceptors (Lipinski definition) is 4. The van der Waals surface area contributed by atoms with Crippen LogP contribution in [-0.2, 0) is 9.53 Å². The number of carbonyl (C=O) groups excluding carboxylic acids is 2. The summed E-state index contributed by atoms with van der Waals surface area (Å²) in [7, 11) is 0. The molecule has 0 unspecified atom stereocenters. The molecule has 1 aliphatic rings. The minimum absolute atomic E-state index is 0.0941. The predicted octanol–water partition coefficient (Wildman–Crippen LogP) is 6.76. The average molecular weight is 518 g/mol. The van der Waals surface area contributed by atoms with Gasteiger partial charge in [0.25, 0.3) is 5.91 Å². The van der Waals surface area contributed by atoms with Crippen molar-refractivity contribution in [2.24, 2.45) is 5.92 Å². The number of nitrogens with zero attached hydrogens (tertiary/aromatic N) is 2. The zero-order chi connectivity index (χ0) is 26.6. The van der Waals surface area contributed by atoms with Gasteiger partial charge in [-0.1, -0.05) is 24.3 Å². The fraction of sp³-hybridized carbons (Fsp3) is 0.300. The van der Waals surface area contributed by atoms with Gasteiger partial charge in [0, 0.05) is 24.9 Å². The molecule has 2 aromatic heterocycles. The minimum Gasteiger partial charge on any atom is -0.466 e. The van der Waals surface area contributed by atoms with Gasteiger partial charge in [-0.15, -0.1) is 0 Å². The van der Waals surface area contributed by atoms with Crippen LogP contribution in [-0.4, -0.2) is 27.9 Å². The summed E-state index contributed by atoms with van der Waals surface area (Å²) in [5.74, 6) is -1.19. The number of imidazole rings is 1. The molecule has 4 aromatic rings. The molecule has 0 radical (unpaired) electrons. The van der Waals surface area contributed by atoms with Crippen molar-refractivity contribution in [3.8, 4) is 11.1 Å². The van der Waals surface area contributed by atoms with Crippen molar-refractivity contribution in [3.05, 3.63) is 89.9 Å². The number of rotatable bonds is 7. The smallest absolute Gasteiger partial charge is 0.306 e. The summed E-state index contributed by atoms with van der Waals surface area (Å²) >= 11 is 0. The predicted molar refractivity (Wildman–Crippen MR) is 141 cm³/mol. The van der Waals surface area contributed by atoms with E-state index >= 15 is 0 Å². The molecule has 0 bridgehead atoms. The SMILES string of the molecule is CCOC(=O)CC1CCC(c2ccc(-c3ccc4nc(C(=O)Nc5cc(F)ccc5F)cn4c3)cc2)CC1. The van der Waals surface area contributed by atoms with Crippen LogP contribution in [0.2, 0.25) is 0 Å². The summed E-state index contributed by atoms with van der Waals surface area (Å²) in [6.45, 7) is 2.27. The van der Waals surface area contributed by atoms with E-state index in [-0.39, 0.29) is 17.4 Å². The van der Waals surface area contributed by atoms with Crippen LogP contribution in [0.1, 0.15) is 61.0 Å². The summed E-state index contributed by atoms with van der Waals surface area (Å²) in [5, 5.41) is 2.38. The number of benzene rings is 2. The second kappa shape index (κ2) is 11.1. The van der Waals surface area contributed by atoms with Gasteiger partial charge in [-0.05, 0) is 85.4 Å². The Hall–Kier alpha value is -4.07. The molecule has 38 heavy (non-hydrogen) atoms. The molecule has 2 heterocycles.